The molecular weight excluding hydrogens is 280 g/mol. The average Bonchev–Trinajstić information content (AvgIpc) is 2.39. The van der Waals surface area contributed by atoms with E-state index in [0.717, 1.165) is 11.1 Å². The Bertz CT molecular complexity index is 488. The molecule has 2 unspecified atom stereocenters. The lowest BCUT2D eigenvalue weighted by atomic mass is 9.99. The van der Waals surface area contributed by atoms with Gasteiger partial charge in [0.15, 0.2) is 0 Å². The van der Waals surface area contributed by atoms with Crippen molar-refractivity contribution in [1.29, 1.82) is 0 Å². The number of amides is 1. The van der Waals surface area contributed by atoms with Crippen LogP contribution in [0, 0.1) is 12.8 Å². The number of carbonyl (C=O) groups excluding carboxylic acids is 1. The van der Waals surface area contributed by atoms with Crippen molar-refractivity contribution >= 4 is 11.9 Å². The maximum atomic E-state index is 12.3. The van der Waals surface area contributed by atoms with E-state index in [2.05, 4.69) is 5.32 Å². The monoisotopic (exact) mass is 299 g/mol. The van der Waals surface area contributed by atoms with Crippen LogP contribution >= 0.6 is 0 Å². The van der Waals surface area contributed by atoms with E-state index < -0.39 is 36.7 Å². The Labute approximate surface area is 122 Å². The third-order valence-corrected chi connectivity index (χ3v) is 3.14. The lowest BCUT2D eigenvalue weighted by molar-refractivity contribution is -0.143. The highest BCUT2D eigenvalue weighted by atomic mass is 19.3. The number of hydrogen-bond acceptors (Lipinski definition) is 2. The minimum absolute atomic E-state index is 0.424. The molecule has 6 heteroatoms. The van der Waals surface area contributed by atoms with Crippen LogP contribution < -0.4 is 5.32 Å². The van der Waals surface area contributed by atoms with E-state index in [9.17, 15) is 18.4 Å². The molecule has 1 amide bonds. The van der Waals surface area contributed by atoms with E-state index in [1.54, 1.807) is 6.92 Å². The molecule has 0 bridgehead atoms. The molecule has 2 N–H and O–H groups in total. The van der Waals surface area contributed by atoms with E-state index in [-0.39, 0.29) is 0 Å². The number of rotatable bonds is 7. The topological polar surface area (TPSA) is 66.4 Å². The van der Waals surface area contributed by atoms with Gasteiger partial charge >= 0.3 is 5.97 Å². The number of hydrogen-bond donors (Lipinski definition) is 2. The maximum Gasteiger partial charge on any atom is 0.326 e. The number of aliphatic carboxylic acids is 1. The zero-order chi connectivity index (χ0) is 16.0. The average molecular weight is 299 g/mol. The molecule has 0 aliphatic carbocycles. The van der Waals surface area contributed by atoms with Crippen molar-refractivity contribution in [2.24, 2.45) is 5.92 Å². The zero-order valence-electron chi connectivity index (χ0n) is 12.0. The second kappa shape index (κ2) is 7.71. The smallest absolute Gasteiger partial charge is 0.326 e. The molecule has 0 aliphatic rings. The molecule has 1 rings (SSSR count). The fraction of sp³-hybridized carbons (Fsp3) is 0.467. The molecule has 0 fully saturated rings. The van der Waals surface area contributed by atoms with Crippen molar-refractivity contribution in [1.82, 2.24) is 5.32 Å². The molecule has 1 aromatic carbocycles. The molecule has 0 aliphatic heterocycles. The Hall–Kier alpha value is -1.98. The fourth-order valence-corrected chi connectivity index (χ4v) is 1.88. The molecule has 4 nitrogen and oxygen atoms in total. The minimum atomic E-state index is -2.78. The molecule has 0 aromatic heterocycles. The molecule has 21 heavy (non-hydrogen) atoms. The van der Waals surface area contributed by atoms with Gasteiger partial charge < -0.3 is 10.4 Å². The van der Waals surface area contributed by atoms with Crippen molar-refractivity contribution in [3.63, 3.8) is 0 Å². The van der Waals surface area contributed by atoms with Gasteiger partial charge in [-0.15, -0.1) is 0 Å². The van der Waals surface area contributed by atoms with Crippen LogP contribution in [-0.2, 0) is 16.0 Å². The van der Waals surface area contributed by atoms with Crippen LogP contribution in [0.4, 0.5) is 8.78 Å². The summed E-state index contributed by atoms with van der Waals surface area (Å²) in [6.45, 7) is 3.58. The number of alkyl halides is 2. The minimum Gasteiger partial charge on any atom is -0.480 e. The van der Waals surface area contributed by atoms with Gasteiger partial charge in [-0.3, -0.25) is 4.79 Å². The highest BCUT2D eigenvalue weighted by Crippen LogP contribution is 2.11. The normalized spacial score (nSPS) is 13.8. The molecule has 0 radical (unpaired) electrons. The number of aryl methyl sites for hydroxylation is 1. The van der Waals surface area contributed by atoms with Crippen LogP contribution in [0.2, 0.25) is 0 Å². The number of halogens is 2. The highest BCUT2D eigenvalue weighted by Gasteiger charge is 2.26. The zero-order valence-corrected chi connectivity index (χ0v) is 12.0. The third kappa shape index (κ3) is 5.89. The molecule has 0 spiro atoms. The summed E-state index contributed by atoms with van der Waals surface area (Å²) in [7, 11) is 0. The Morgan fingerprint density at radius 3 is 2.29 bits per heavy atom. The van der Waals surface area contributed by atoms with Crippen LogP contribution in [-0.4, -0.2) is 29.5 Å². The first-order chi connectivity index (χ1) is 9.79. The fourth-order valence-electron chi connectivity index (χ4n) is 1.88. The van der Waals surface area contributed by atoms with Crippen molar-refractivity contribution in [2.45, 2.75) is 39.2 Å². The molecular formula is C15H19F2NO3. The van der Waals surface area contributed by atoms with E-state index in [0.29, 0.717) is 6.42 Å². The van der Waals surface area contributed by atoms with E-state index in [1.165, 1.54) is 0 Å². The van der Waals surface area contributed by atoms with Crippen LogP contribution in [0.5, 0.6) is 0 Å². The third-order valence-electron chi connectivity index (χ3n) is 3.14. The number of benzene rings is 1. The summed E-state index contributed by atoms with van der Waals surface area (Å²) >= 11 is 0. The van der Waals surface area contributed by atoms with Gasteiger partial charge in [0.2, 0.25) is 12.3 Å². The van der Waals surface area contributed by atoms with Gasteiger partial charge in [-0.25, -0.2) is 13.6 Å². The number of nitrogens with one attached hydrogen (secondary N) is 1. The van der Waals surface area contributed by atoms with Crippen LogP contribution in [0.3, 0.4) is 0 Å². The van der Waals surface area contributed by atoms with E-state index >= 15 is 0 Å². The second-order valence-corrected chi connectivity index (χ2v) is 5.12. The summed E-state index contributed by atoms with van der Waals surface area (Å²) in [6, 6.07) is 6.03. The first-order valence-corrected chi connectivity index (χ1v) is 6.66. The summed E-state index contributed by atoms with van der Waals surface area (Å²) in [6.07, 6.45) is -3.25. The summed E-state index contributed by atoms with van der Waals surface area (Å²) in [4.78, 5) is 22.7. The van der Waals surface area contributed by atoms with Gasteiger partial charge in [0.05, 0.1) is 0 Å². The Balaban J connectivity index is 2.60. The Morgan fingerprint density at radius 2 is 1.81 bits per heavy atom. The molecule has 2 atom stereocenters. The lowest BCUT2D eigenvalue weighted by Crippen LogP contribution is -2.44. The summed E-state index contributed by atoms with van der Waals surface area (Å²) in [5.41, 5.74) is 2.03. The standard InChI is InChI=1S/C15H19F2NO3/c1-9-3-5-11(6-4-9)7-10(2)14(19)18-12(15(20)21)8-13(16)17/h3-6,10,12-13H,7-8H2,1-2H3,(H,18,19)(H,20,21). The van der Waals surface area contributed by atoms with Gasteiger partial charge in [-0.1, -0.05) is 36.8 Å². The number of carboxylic acids is 1. The predicted octanol–water partition coefficient (Wildman–Crippen LogP) is 2.40. The van der Waals surface area contributed by atoms with Gasteiger partial charge in [-0.2, -0.15) is 0 Å². The predicted molar refractivity (Wildman–Crippen MR) is 74.2 cm³/mol. The van der Waals surface area contributed by atoms with Crippen LogP contribution in [0.25, 0.3) is 0 Å². The van der Waals surface area contributed by atoms with Crippen molar-refractivity contribution in [2.75, 3.05) is 0 Å². The summed E-state index contributed by atoms with van der Waals surface area (Å²) in [5, 5.41) is 11.0. The van der Waals surface area contributed by atoms with Gasteiger partial charge in [0, 0.05) is 12.3 Å². The van der Waals surface area contributed by atoms with Gasteiger partial charge in [0.1, 0.15) is 6.04 Å². The quantitative estimate of drug-likeness (QED) is 0.812. The van der Waals surface area contributed by atoms with Crippen molar-refractivity contribution < 1.29 is 23.5 Å². The first-order valence-electron chi connectivity index (χ1n) is 6.66. The van der Waals surface area contributed by atoms with Crippen LogP contribution in [0.1, 0.15) is 24.5 Å². The van der Waals surface area contributed by atoms with E-state index in [1.807, 2.05) is 31.2 Å². The molecule has 1 aromatic rings. The van der Waals surface area contributed by atoms with Crippen molar-refractivity contribution in [3.05, 3.63) is 35.4 Å². The SMILES string of the molecule is Cc1ccc(CC(C)C(=O)NC(CC(F)F)C(=O)O)cc1. The van der Waals surface area contributed by atoms with Crippen molar-refractivity contribution in [3.8, 4) is 0 Å². The lowest BCUT2D eigenvalue weighted by Gasteiger charge is -2.17. The number of carbonyl (C=O) groups is 2. The van der Waals surface area contributed by atoms with Gasteiger partial charge in [0.25, 0.3) is 0 Å². The van der Waals surface area contributed by atoms with Gasteiger partial charge in [-0.05, 0) is 18.9 Å². The highest BCUT2D eigenvalue weighted by molar-refractivity contribution is 5.84. The molecule has 0 heterocycles. The molecule has 0 saturated heterocycles. The van der Waals surface area contributed by atoms with E-state index in [4.69, 9.17) is 5.11 Å². The first kappa shape index (κ1) is 17.1. The summed E-state index contributed by atoms with van der Waals surface area (Å²) < 4.78 is 24.5. The Kier molecular flexibility index (Phi) is 6.27. The summed E-state index contributed by atoms with van der Waals surface area (Å²) in [5.74, 6) is -2.48. The second-order valence-electron chi connectivity index (χ2n) is 5.12. The van der Waals surface area contributed by atoms with Crippen LogP contribution in [0.15, 0.2) is 24.3 Å². The number of carboxylic acid groups (broad SMARTS) is 1. The largest absolute Gasteiger partial charge is 0.480 e. The maximum absolute atomic E-state index is 12.3. The molecule has 116 valence electrons. The molecule has 0 saturated carbocycles. The Morgan fingerprint density at radius 1 is 1.24 bits per heavy atom.